The Morgan fingerprint density at radius 1 is 1.17 bits per heavy atom. The minimum Gasteiger partial charge on any atom is -0.358 e. The largest absolute Gasteiger partial charge is 0.358 e. The lowest BCUT2D eigenvalue weighted by atomic mass is 9.99. The number of thiocarbonyl (C=S) groups is 1. The summed E-state index contributed by atoms with van der Waals surface area (Å²) in [6, 6.07) is 10.8. The van der Waals surface area contributed by atoms with Crippen LogP contribution in [0.3, 0.4) is 0 Å². The zero-order valence-corrected chi connectivity index (χ0v) is 14.5. The van der Waals surface area contributed by atoms with Crippen LogP contribution in [0.15, 0.2) is 42.6 Å². The molecule has 5 heteroatoms. The number of fused-ring (bicyclic) bond motifs is 1. The van der Waals surface area contributed by atoms with Crippen LogP contribution in [0, 0.1) is 5.82 Å². The second-order valence-electron chi connectivity index (χ2n) is 6.92. The molecule has 1 atom stereocenters. The van der Waals surface area contributed by atoms with Gasteiger partial charge in [-0.05, 0) is 51.2 Å². The van der Waals surface area contributed by atoms with Gasteiger partial charge in [0.05, 0.1) is 6.04 Å². The topological polar surface area (TPSA) is 20.2 Å². The van der Waals surface area contributed by atoms with Crippen LogP contribution in [0.2, 0.25) is 0 Å². The summed E-state index contributed by atoms with van der Waals surface area (Å²) < 4.78 is 16.6. The van der Waals surface area contributed by atoms with E-state index in [9.17, 15) is 4.39 Å². The van der Waals surface area contributed by atoms with Crippen LogP contribution >= 0.6 is 12.2 Å². The Kier molecular flexibility index (Phi) is 4.15. The van der Waals surface area contributed by atoms with Gasteiger partial charge in [0, 0.05) is 36.1 Å². The van der Waals surface area contributed by atoms with Gasteiger partial charge in [-0.1, -0.05) is 18.2 Å². The summed E-state index contributed by atoms with van der Waals surface area (Å²) in [6.45, 7) is 7.82. The van der Waals surface area contributed by atoms with E-state index in [1.165, 1.54) is 6.07 Å². The van der Waals surface area contributed by atoms with Crippen LogP contribution in [0.4, 0.5) is 4.39 Å². The molecule has 2 aromatic rings. The third-order valence-electron chi connectivity index (χ3n) is 3.98. The second kappa shape index (κ2) is 5.96. The zero-order valence-electron chi connectivity index (χ0n) is 13.7. The third-order valence-corrected chi connectivity index (χ3v) is 4.32. The van der Waals surface area contributed by atoms with Gasteiger partial charge in [0.2, 0.25) is 0 Å². The molecule has 0 saturated carbocycles. The molecule has 3 nitrogen and oxygen atoms in total. The van der Waals surface area contributed by atoms with Gasteiger partial charge in [-0.25, -0.2) is 4.39 Å². The number of benzene rings is 1. The molecule has 0 radical (unpaired) electrons. The molecule has 23 heavy (non-hydrogen) atoms. The van der Waals surface area contributed by atoms with Crippen molar-refractivity contribution in [3.63, 3.8) is 0 Å². The van der Waals surface area contributed by atoms with Crippen molar-refractivity contribution in [1.29, 1.82) is 0 Å². The third kappa shape index (κ3) is 3.24. The summed E-state index contributed by atoms with van der Waals surface area (Å²) in [5.74, 6) is -0.198. The Morgan fingerprint density at radius 3 is 2.61 bits per heavy atom. The van der Waals surface area contributed by atoms with Gasteiger partial charge >= 0.3 is 0 Å². The van der Waals surface area contributed by atoms with Crippen molar-refractivity contribution in [1.82, 2.24) is 14.8 Å². The van der Waals surface area contributed by atoms with Crippen LogP contribution < -0.4 is 5.32 Å². The molecule has 3 rings (SSSR count). The van der Waals surface area contributed by atoms with Crippen molar-refractivity contribution in [3.05, 3.63) is 59.7 Å². The zero-order chi connectivity index (χ0) is 16.6. The molecule has 0 amide bonds. The van der Waals surface area contributed by atoms with Crippen molar-refractivity contribution >= 4 is 17.3 Å². The molecule has 122 valence electrons. The predicted octanol–water partition coefficient (Wildman–Crippen LogP) is 3.71. The van der Waals surface area contributed by atoms with Crippen LogP contribution in [0.1, 0.15) is 38.1 Å². The molecule has 0 fully saturated rings. The van der Waals surface area contributed by atoms with E-state index in [1.807, 2.05) is 30.5 Å². The first kappa shape index (κ1) is 16.0. The van der Waals surface area contributed by atoms with Crippen LogP contribution in [-0.4, -0.2) is 26.7 Å². The fourth-order valence-corrected chi connectivity index (χ4v) is 3.52. The highest BCUT2D eigenvalue weighted by Crippen LogP contribution is 2.34. The number of nitrogens with one attached hydrogen (secondary N) is 1. The highest BCUT2D eigenvalue weighted by atomic mass is 32.1. The number of halogens is 1. The van der Waals surface area contributed by atoms with Crippen LogP contribution in [0.5, 0.6) is 0 Å². The molecule has 0 bridgehead atoms. The highest BCUT2D eigenvalue weighted by Gasteiger charge is 2.33. The molecule has 1 aromatic carbocycles. The van der Waals surface area contributed by atoms with E-state index in [0.29, 0.717) is 10.7 Å². The first-order chi connectivity index (χ1) is 10.9. The second-order valence-corrected chi connectivity index (χ2v) is 7.31. The number of rotatable bonds is 1. The van der Waals surface area contributed by atoms with Crippen LogP contribution in [-0.2, 0) is 6.54 Å². The monoisotopic (exact) mass is 331 g/mol. The van der Waals surface area contributed by atoms with Gasteiger partial charge in [0.1, 0.15) is 5.82 Å². The smallest absolute Gasteiger partial charge is 0.170 e. The molecule has 1 aromatic heterocycles. The van der Waals surface area contributed by atoms with Gasteiger partial charge in [0.15, 0.2) is 5.11 Å². The summed E-state index contributed by atoms with van der Waals surface area (Å²) in [4.78, 5) is 2.09. The summed E-state index contributed by atoms with van der Waals surface area (Å²) >= 11 is 5.63. The van der Waals surface area contributed by atoms with E-state index in [4.69, 9.17) is 12.2 Å². The first-order valence-electron chi connectivity index (χ1n) is 7.85. The van der Waals surface area contributed by atoms with E-state index >= 15 is 0 Å². The lowest BCUT2D eigenvalue weighted by Gasteiger charge is -2.40. The molecule has 2 heterocycles. The van der Waals surface area contributed by atoms with Gasteiger partial charge in [-0.15, -0.1) is 0 Å². The van der Waals surface area contributed by atoms with E-state index in [-0.39, 0.29) is 17.4 Å². The minimum atomic E-state index is -0.206. The minimum absolute atomic E-state index is 0.129. The standard InChI is InChI=1S/C18H22FN3S/c1-18(2,3)20-17(23)22-12-11-21-10-6-9-15(21)16(22)13-7-4-5-8-14(13)19/h4-10,16H,11-12H2,1-3H3,(H,20,23)/t16-/m0/s1. The van der Waals surface area contributed by atoms with E-state index in [1.54, 1.807) is 6.07 Å². The predicted molar refractivity (Wildman–Crippen MR) is 94.9 cm³/mol. The van der Waals surface area contributed by atoms with Crippen molar-refractivity contribution in [2.45, 2.75) is 38.9 Å². The van der Waals surface area contributed by atoms with Crippen molar-refractivity contribution < 1.29 is 4.39 Å². The first-order valence-corrected chi connectivity index (χ1v) is 8.26. The summed E-state index contributed by atoms with van der Waals surface area (Å²) in [6.07, 6.45) is 2.04. The quantitative estimate of drug-likeness (QED) is 0.805. The maximum Gasteiger partial charge on any atom is 0.170 e. The van der Waals surface area contributed by atoms with Gasteiger partial charge in [-0.2, -0.15) is 0 Å². The molecule has 0 aliphatic carbocycles. The Bertz CT molecular complexity index is 717. The van der Waals surface area contributed by atoms with E-state index in [0.717, 1.165) is 18.8 Å². The molecule has 0 spiro atoms. The SMILES string of the molecule is CC(C)(C)NC(=S)N1CCn2cccc2[C@@H]1c1ccccc1F. The fraction of sp³-hybridized carbons (Fsp3) is 0.389. The lowest BCUT2D eigenvalue weighted by Crippen LogP contribution is -2.52. The number of aromatic nitrogens is 1. The highest BCUT2D eigenvalue weighted by molar-refractivity contribution is 7.80. The van der Waals surface area contributed by atoms with E-state index in [2.05, 4.69) is 35.6 Å². The summed E-state index contributed by atoms with van der Waals surface area (Å²) in [5, 5.41) is 4.02. The Morgan fingerprint density at radius 2 is 1.91 bits per heavy atom. The molecular formula is C18H22FN3S. The number of hydrogen-bond donors (Lipinski definition) is 1. The van der Waals surface area contributed by atoms with Gasteiger partial charge in [-0.3, -0.25) is 0 Å². The van der Waals surface area contributed by atoms with Crippen molar-refractivity contribution in [2.24, 2.45) is 0 Å². The number of nitrogens with zero attached hydrogens (tertiary/aromatic N) is 2. The molecule has 1 aliphatic rings. The van der Waals surface area contributed by atoms with Gasteiger partial charge < -0.3 is 14.8 Å². The molecule has 1 N–H and O–H groups in total. The number of hydrogen-bond acceptors (Lipinski definition) is 1. The Labute approximate surface area is 142 Å². The molecule has 0 unspecified atom stereocenters. The maximum absolute atomic E-state index is 14.4. The lowest BCUT2D eigenvalue weighted by molar-refractivity contribution is 0.273. The van der Waals surface area contributed by atoms with Gasteiger partial charge in [0.25, 0.3) is 0 Å². The fourth-order valence-electron chi connectivity index (χ4n) is 3.02. The van der Waals surface area contributed by atoms with Crippen molar-refractivity contribution in [3.8, 4) is 0 Å². The van der Waals surface area contributed by atoms with Crippen LogP contribution in [0.25, 0.3) is 0 Å². The summed E-state index contributed by atoms with van der Waals surface area (Å²) in [5.41, 5.74) is 1.60. The molecule has 0 saturated heterocycles. The molecular weight excluding hydrogens is 309 g/mol. The summed E-state index contributed by atoms with van der Waals surface area (Å²) in [7, 11) is 0. The molecule has 1 aliphatic heterocycles. The Balaban J connectivity index is 2.02. The average molecular weight is 331 g/mol. The van der Waals surface area contributed by atoms with Crippen molar-refractivity contribution in [2.75, 3.05) is 6.54 Å². The average Bonchev–Trinajstić information content (AvgIpc) is 2.93. The van der Waals surface area contributed by atoms with E-state index < -0.39 is 0 Å². The Hall–Kier alpha value is -1.88. The normalized spacial score (nSPS) is 17.7. The maximum atomic E-state index is 14.4.